The molecule has 0 bridgehead atoms. The number of phenolic OH excluding ortho intramolecular Hbond substituents is 1. The van der Waals surface area contributed by atoms with Gasteiger partial charge in [0.2, 0.25) is 0 Å². The Morgan fingerprint density at radius 2 is 1.90 bits per heavy atom. The number of nitrogens with one attached hydrogen (secondary N) is 2. The van der Waals surface area contributed by atoms with Gasteiger partial charge in [0.25, 0.3) is 0 Å². The first-order chi connectivity index (χ1) is 14.0. The summed E-state index contributed by atoms with van der Waals surface area (Å²) in [7, 11) is 0. The predicted molar refractivity (Wildman–Crippen MR) is 111 cm³/mol. The van der Waals surface area contributed by atoms with Crippen molar-refractivity contribution in [3.63, 3.8) is 0 Å². The third-order valence-electron chi connectivity index (χ3n) is 4.32. The number of halogens is 1. The molecule has 3 rings (SSSR count). The van der Waals surface area contributed by atoms with Gasteiger partial charge in [-0.2, -0.15) is 0 Å². The third-order valence-corrected chi connectivity index (χ3v) is 5.01. The fraction of sp³-hybridized carbons (Fsp3) is 0.238. The highest BCUT2D eigenvalue weighted by Gasteiger charge is 2.35. The highest BCUT2D eigenvalue weighted by atomic mass is 79.9. The Hall–Kier alpha value is -3.00. The van der Waals surface area contributed by atoms with Gasteiger partial charge in [-0.05, 0) is 37.1 Å². The number of amides is 2. The van der Waals surface area contributed by atoms with Gasteiger partial charge in [0.15, 0.2) is 11.5 Å². The zero-order valence-electron chi connectivity index (χ0n) is 16.0. The molecule has 0 aromatic heterocycles. The number of urea groups is 1. The molecule has 2 aromatic rings. The molecule has 0 saturated heterocycles. The SMILES string of the molecule is CCOC(=O)C1=C(c2ccccc2)NC(=O)N[C@@H]1c1cc(OCC)c(O)cc1Br. The van der Waals surface area contributed by atoms with E-state index < -0.39 is 18.0 Å². The molecule has 8 heteroatoms. The van der Waals surface area contributed by atoms with Gasteiger partial charge in [-0.1, -0.05) is 46.3 Å². The van der Waals surface area contributed by atoms with Crippen LogP contribution >= 0.6 is 15.9 Å². The smallest absolute Gasteiger partial charge is 0.338 e. The number of carbonyl (C=O) groups excluding carboxylic acids is 2. The molecule has 0 unspecified atom stereocenters. The van der Waals surface area contributed by atoms with Crippen LogP contribution in [0.1, 0.15) is 31.0 Å². The number of esters is 1. The number of hydrogen-bond donors (Lipinski definition) is 3. The van der Waals surface area contributed by atoms with E-state index in [1.54, 1.807) is 32.0 Å². The van der Waals surface area contributed by atoms with Gasteiger partial charge in [0.1, 0.15) is 0 Å². The molecule has 0 radical (unpaired) electrons. The molecule has 152 valence electrons. The maximum Gasteiger partial charge on any atom is 0.338 e. The first kappa shape index (κ1) is 20.7. The van der Waals surface area contributed by atoms with E-state index in [1.165, 1.54) is 6.07 Å². The Bertz CT molecular complexity index is 959. The minimum Gasteiger partial charge on any atom is -0.504 e. The molecule has 1 aliphatic heterocycles. The van der Waals surface area contributed by atoms with Gasteiger partial charge in [-0.15, -0.1) is 0 Å². The Morgan fingerprint density at radius 1 is 1.17 bits per heavy atom. The minimum atomic E-state index is -0.813. The van der Waals surface area contributed by atoms with Gasteiger partial charge < -0.3 is 25.2 Å². The highest BCUT2D eigenvalue weighted by molar-refractivity contribution is 9.10. The van der Waals surface area contributed by atoms with Crippen molar-refractivity contribution < 1.29 is 24.2 Å². The molecule has 1 heterocycles. The molecule has 1 aliphatic rings. The van der Waals surface area contributed by atoms with Crippen molar-refractivity contribution in [3.05, 3.63) is 63.6 Å². The van der Waals surface area contributed by atoms with Gasteiger partial charge in [0, 0.05) is 4.47 Å². The molecule has 2 amide bonds. The van der Waals surface area contributed by atoms with E-state index in [-0.39, 0.29) is 23.7 Å². The van der Waals surface area contributed by atoms with E-state index in [1.807, 2.05) is 18.2 Å². The lowest BCUT2D eigenvalue weighted by Gasteiger charge is -2.30. The van der Waals surface area contributed by atoms with Crippen LogP contribution in [0.3, 0.4) is 0 Å². The first-order valence-electron chi connectivity index (χ1n) is 9.15. The van der Waals surface area contributed by atoms with Gasteiger partial charge in [0.05, 0.1) is 30.5 Å². The van der Waals surface area contributed by atoms with Gasteiger partial charge in [-0.25, -0.2) is 9.59 Å². The van der Waals surface area contributed by atoms with Crippen LogP contribution in [0, 0.1) is 0 Å². The Morgan fingerprint density at radius 3 is 2.55 bits per heavy atom. The zero-order valence-corrected chi connectivity index (χ0v) is 17.6. The highest BCUT2D eigenvalue weighted by Crippen LogP contribution is 2.40. The molecule has 29 heavy (non-hydrogen) atoms. The molecule has 0 fully saturated rings. The van der Waals surface area contributed by atoms with E-state index in [4.69, 9.17) is 9.47 Å². The number of rotatable bonds is 6. The molecule has 0 saturated carbocycles. The van der Waals surface area contributed by atoms with Crippen LogP contribution in [-0.4, -0.2) is 30.3 Å². The van der Waals surface area contributed by atoms with Crippen LogP contribution < -0.4 is 15.4 Å². The van der Waals surface area contributed by atoms with Crippen LogP contribution in [0.4, 0.5) is 4.79 Å². The quantitative estimate of drug-likeness (QED) is 0.568. The summed E-state index contributed by atoms with van der Waals surface area (Å²) in [5, 5.41) is 15.6. The van der Waals surface area contributed by atoms with Crippen molar-refractivity contribution in [2.75, 3.05) is 13.2 Å². The lowest BCUT2D eigenvalue weighted by molar-refractivity contribution is -0.138. The summed E-state index contributed by atoms with van der Waals surface area (Å²) in [5.41, 5.74) is 1.86. The maximum absolute atomic E-state index is 12.9. The Kier molecular flexibility index (Phi) is 6.43. The molecule has 7 nitrogen and oxygen atoms in total. The zero-order chi connectivity index (χ0) is 21.0. The molecule has 2 aromatic carbocycles. The van der Waals surface area contributed by atoms with Crippen molar-refractivity contribution >= 4 is 33.6 Å². The Labute approximate surface area is 176 Å². The monoisotopic (exact) mass is 460 g/mol. The van der Waals surface area contributed by atoms with E-state index in [9.17, 15) is 14.7 Å². The lowest BCUT2D eigenvalue weighted by atomic mass is 9.92. The molecule has 0 aliphatic carbocycles. The molecular formula is C21H21BrN2O5. The predicted octanol–water partition coefficient (Wildman–Crippen LogP) is 3.88. The van der Waals surface area contributed by atoms with Crippen molar-refractivity contribution in [1.29, 1.82) is 0 Å². The molecule has 0 spiro atoms. The fourth-order valence-electron chi connectivity index (χ4n) is 3.11. The largest absolute Gasteiger partial charge is 0.504 e. The number of ether oxygens (including phenoxy) is 2. The van der Waals surface area contributed by atoms with Crippen molar-refractivity contribution in [3.8, 4) is 11.5 Å². The van der Waals surface area contributed by atoms with E-state index in [0.717, 1.165) is 0 Å². The molecule has 1 atom stereocenters. The normalized spacial score (nSPS) is 16.1. The fourth-order valence-corrected chi connectivity index (χ4v) is 3.67. The van der Waals surface area contributed by atoms with Crippen LogP contribution in [0.5, 0.6) is 11.5 Å². The van der Waals surface area contributed by atoms with Crippen molar-refractivity contribution in [2.24, 2.45) is 0 Å². The average molecular weight is 461 g/mol. The molecule has 3 N–H and O–H groups in total. The van der Waals surface area contributed by atoms with E-state index in [0.29, 0.717) is 27.9 Å². The summed E-state index contributed by atoms with van der Waals surface area (Å²) in [5.74, 6) is -0.350. The van der Waals surface area contributed by atoms with Gasteiger partial charge >= 0.3 is 12.0 Å². The van der Waals surface area contributed by atoms with Crippen LogP contribution in [0.25, 0.3) is 5.70 Å². The standard InChI is InChI=1S/C21H21BrN2O5/c1-3-28-16-10-13(14(22)11-15(16)25)19-17(20(26)29-4-2)18(23-21(27)24-19)12-8-6-5-7-9-12/h5-11,19,25H,3-4H2,1-2H3,(H2,23,24,27)/t19-/m1/s1. The summed E-state index contributed by atoms with van der Waals surface area (Å²) in [6.07, 6.45) is 0. The second-order valence-corrected chi connectivity index (χ2v) is 7.04. The topological polar surface area (TPSA) is 96.9 Å². The van der Waals surface area contributed by atoms with Crippen LogP contribution in [0.15, 0.2) is 52.5 Å². The molecular weight excluding hydrogens is 440 g/mol. The number of aromatic hydroxyl groups is 1. The van der Waals surface area contributed by atoms with Gasteiger partial charge in [-0.3, -0.25) is 0 Å². The summed E-state index contributed by atoms with van der Waals surface area (Å²) >= 11 is 3.42. The lowest BCUT2D eigenvalue weighted by Crippen LogP contribution is -2.45. The summed E-state index contributed by atoms with van der Waals surface area (Å²) in [6.45, 7) is 4.05. The second-order valence-electron chi connectivity index (χ2n) is 6.18. The number of hydrogen-bond acceptors (Lipinski definition) is 5. The third kappa shape index (κ3) is 4.37. The van der Waals surface area contributed by atoms with Crippen LogP contribution in [0.2, 0.25) is 0 Å². The number of benzene rings is 2. The Balaban J connectivity index is 2.22. The summed E-state index contributed by atoms with van der Waals surface area (Å²) < 4.78 is 11.3. The first-order valence-corrected chi connectivity index (χ1v) is 9.95. The summed E-state index contributed by atoms with van der Waals surface area (Å²) in [4.78, 5) is 25.3. The van der Waals surface area contributed by atoms with Crippen LogP contribution in [-0.2, 0) is 9.53 Å². The summed E-state index contributed by atoms with van der Waals surface area (Å²) in [6, 6.07) is 10.9. The minimum absolute atomic E-state index is 0.0484. The number of phenols is 1. The maximum atomic E-state index is 12.9. The number of carbonyl (C=O) groups is 2. The second kappa shape index (κ2) is 9.00. The average Bonchev–Trinajstić information content (AvgIpc) is 2.70. The van der Waals surface area contributed by atoms with Crippen molar-refractivity contribution in [1.82, 2.24) is 10.6 Å². The van der Waals surface area contributed by atoms with E-state index in [2.05, 4.69) is 26.6 Å². The van der Waals surface area contributed by atoms with E-state index >= 15 is 0 Å². The van der Waals surface area contributed by atoms with Crippen molar-refractivity contribution in [2.45, 2.75) is 19.9 Å².